The zero-order valence-electron chi connectivity index (χ0n) is 12.8. The molecule has 0 bridgehead atoms. The van der Waals surface area contributed by atoms with Crippen molar-refractivity contribution in [2.24, 2.45) is 0 Å². The third-order valence-electron chi connectivity index (χ3n) is 3.40. The van der Waals surface area contributed by atoms with Crippen molar-refractivity contribution in [3.8, 4) is 5.75 Å². The number of aromatic nitrogens is 1. The van der Waals surface area contributed by atoms with Crippen molar-refractivity contribution in [3.63, 3.8) is 0 Å². The summed E-state index contributed by atoms with van der Waals surface area (Å²) in [5.74, 6) is 0.921. The van der Waals surface area contributed by atoms with Crippen LogP contribution in [0.4, 0.5) is 0 Å². The van der Waals surface area contributed by atoms with Gasteiger partial charge in [0.15, 0.2) is 0 Å². The Hall–Kier alpha value is -1.39. The van der Waals surface area contributed by atoms with Gasteiger partial charge in [0.2, 0.25) is 0 Å². The topological polar surface area (TPSA) is 34.1 Å². The molecule has 3 nitrogen and oxygen atoms in total. The van der Waals surface area contributed by atoms with Crippen molar-refractivity contribution in [1.82, 2.24) is 10.3 Å². The average Bonchev–Trinajstić information content (AvgIpc) is 3.03. The Kier molecular flexibility index (Phi) is 6.70. The van der Waals surface area contributed by atoms with E-state index >= 15 is 0 Å². The summed E-state index contributed by atoms with van der Waals surface area (Å²) in [6.45, 7) is 6.15. The maximum Gasteiger partial charge on any atom is 0.124 e. The van der Waals surface area contributed by atoms with E-state index in [-0.39, 0.29) is 0 Å². The highest BCUT2D eigenvalue weighted by atomic mass is 32.1. The molecule has 0 saturated heterocycles. The van der Waals surface area contributed by atoms with Crippen molar-refractivity contribution in [2.75, 3.05) is 6.54 Å². The van der Waals surface area contributed by atoms with Gasteiger partial charge in [-0.25, -0.2) is 0 Å². The lowest BCUT2D eigenvalue weighted by Gasteiger charge is -2.13. The lowest BCUT2D eigenvalue weighted by atomic mass is 10.1. The standard InChI is InChI=1S/C17H24N2OS/c1-3-10-19-14(2)4-5-15-6-8-16(9-7-15)20-12-17-11-18-13-21-17/h6-9,11,13-14,19H,3-5,10,12H2,1-2H3. The zero-order chi connectivity index (χ0) is 14.9. The first-order valence-corrected chi connectivity index (χ1v) is 8.48. The van der Waals surface area contributed by atoms with Crippen LogP contribution in [-0.2, 0) is 13.0 Å². The van der Waals surface area contributed by atoms with Crippen LogP contribution in [0.25, 0.3) is 0 Å². The number of thiazole rings is 1. The average molecular weight is 304 g/mol. The van der Waals surface area contributed by atoms with Crippen LogP contribution in [0.2, 0.25) is 0 Å². The van der Waals surface area contributed by atoms with E-state index in [2.05, 4.69) is 48.4 Å². The molecule has 0 radical (unpaired) electrons. The van der Waals surface area contributed by atoms with E-state index in [1.165, 1.54) is 18.4 Å². The molecule has 21 heavy (non-hydrogen) atoms. The van der Waals surface area contributed by atoms with Crippen molar-refractivity contribution in [3.05, 3.63) is 46.4 Å². The molecular weight excluding hydrogens is 280 g/mol. The summed E-state index contributed by atoms with van der Waals surface area (Å²) >= 11 is 1.62. The summed E-state index contributed by atoms with van der Waals surface area (Å²) in [6.07, 6.45) is 5.31. The second-order valence-corrected chi connectivity index (χ2v) is 6.27. The highest BCUT2D eigenvalue weighted by Gasteiger charge is 2.02. The van der Waals surface area contributed by atoms with Gasteiger partial charge in [0, 0.05) is 12.2 Å². The maximum atomic E-state index is 5.74. The van der Waals surface area contributed by atoms with Gasteiger partial charge < -0.3 is 10.1 Å². The van der Waals surface area contributed by atoms with Crippen LogP contribution < -0.4 is 10.1 Å². The minimum absolute atomic E-state index is 0.576. The third kappa shape index (κ3) is 5.86. The molecule has 1 N–H and O–H groups in total. The lowest BCUT2D eigenvalue weighted by Crippen LogP contribution is -2.27. The van der Waals surface area contributed by atoms with Gasteiger partial charge in [-0.15, -0.1) is 11.3 Å². The molecule has 1 atom stereocenters. The molecule has 0 fully saturated rings. The van der Waals surface area contributed by atoms with Gasteiger partial charge in [-0.2, -0.15) is 0 Å². The number of ether oxygens (including phenoxy) is 1. The molecule has 1 aromatic carbocycles. The fraction of sp³-hybridized carbons (Fsp3) is 0.471. The van der Waals surface area contributed by atoms with Crippen LogP contribution in [0.3, 0.4) is 0 Å². The number of nitrogens with one attached hydrogen (secondary N) is 1. The molecule has 1 heterocycles. The number of rotatable bonds is 9. The fourth-order valence-electron chi connectivity index (χ4n) is 2.10. The number of aryl methyl sites for hydroxylation is 1. The zero-order valence-corrected chi connectivity index (χ0v) is 13.7. The molecule has 0 saturated carbocycles. The van der Waals surface area contributed by atoms with Gasteiger partial charge in [-0.05, 0) is 50.4 Å². The highest BCUT2D eigenvalue weighted by Crippen LogP contribution is 2.16. The summed E-state index contributed by atoms with van der Waals surface area (Å²) in [4.78, 5) is 5.19. The van der Waals surface area contributed by atoms with Crippen LogP contribution in [0.1, 0.15) is 37.1 Å². The predicted octanol–water partition coefficient (Wildman–Crippen LogP) is 4.04. The molecular formula is C17H24N2OS. The summed E-state index contributed by atoms with van der Waals surface area (Å²) < 4.78 is 5.74. The van der Waals surface area contributed by atoms with Crippen LogP contribution in [0, 0.1) is 0 Å². The summed E-state index contributed by atoms with van der Waals surface area (Å²) in [5, 5.41) is 3.52. The monoisotopic (exact) mass is 304 g/mol. The normalized spacial score (nSPS) is 12.3. The van der Waals surface area contributed by atoms with E-state index in [1.54, 1.807) is 11.3 Å². The SMILES string of the molecule is CCCNC(C)CCc1ccc(OCc2cncs2)cc1. The van der Waals surface area contributed by atoms with Gasteiger partial charge in [0.05, 0.1) is 10.4 Å². The van der Waals surface area contributed by atoms with Crippen molar-refractivity contribution in [1.29, 1.82) is 0 Å². The molecule has 4 heteroatoms. The van der Waals surface area contributed by atoms with Crippen molar-refractivity contribution < 1.29 is 4.74 Å². The minimum Gasteiger partial charge on any atom is -0.488 e. The molecule has 1 aromatic heterocycles. The van der Waals surface area contributed by atoms with Crippen LogP contribution >= 0.6 is 11.3 Å². The second-order valence-electron chi connectivity index (χ2n) is 5.29. The molecule has 114 valence electrons. The first kappa shape index (κ1) is 16.0. The van der Waals surface area contributed by atoms with Crippen LogP contribution in [-0.4, -0.2) is 17.6 Å². The van der Waals surface area contributed by atoms with E-state index in [1.807, 2.05) is 11.7 Å². The molecule has 2 aromatic rings. The summed E-state index contributed by atoms with van der Waals surface area (Å²) in [5.41, 5.74) is 3.19. The Balaban J connectivity index is 1.73. The molecule has 2 rings (SSSR count). The van der Waals surface area contributed by atoms with E-state index in [9.17, 15) is 0 Å². The molecule has 0 amide bonds. The fourth-order valence-corrected chi connectivity index (χ4v) is 2.60. The van der Waals surface area contributed by atoms with E-state index < -0.39 is 0 Å². The van der Waals surface area contributed by atoms with Gasteiger partial charge in [0.1, 0.15) is 12.4 Å². The number of benzene rings is 1. The van der Waals surface area contributed by atoms with Crippen molar-refractivity contribution >= 4 is 11.3 Å². The predicted molar refractivity (Wildman–Crippen MR) is 89.0 cm³/mol. The van der Waals surface area contributed by atoms with Crippen LogP contribution in [0.5, 0.6) is 5.75 Å². The molecule has 1 unspecified atom stereocenters. The minimum atomic E-state index is 0.576. The first-order valence-electron chi connectivity index (χ1n) is 7.60. The Bertz CT molecular complexity index is 496. The van der Waals surface area contributed by atoms with E-state index in [0.717, 1.165) is 23.6 Å². The Labute approximate surface area is 131 Å². The smallest absolute Gasteiger partial charge is 0.124 e. The van der Waals surface area contributed by atoms with E-state index in [0.29, 0.717) is 12.6 Å². The third-order valence-corrected chi connectivity index (χ3v) is 4.15. The quantitative estimate of drug-likeness (QED) is 0.759. The number of hydrogen-bond acceptors (Lipinski definition) is 4. The van der Waals surface area contributed by atoms with Crippen molar-refractivity contribution in [2.45, 2.75) is 45.8 Å². The van der Waals surface area contributed by atoms with Gasteiger partial charge in [0.25, 0.3) is 0 Å². The largest absolute Gasteiger partial charge is 0.488 e. The number of nitrogens with zero attached hydrogens (tertiary/aromatic N) is 1. The lowest BCUT2D eigenvalue weighted by molar-refractivity contribution is 0.309. The van der Waals surface area contributed by atoms with Gasteiger partial charge in [-0.1, -0.05) is 19.1 Å². The Morgan fingerprint density at radius 1 is 1.29 bits per heavy atom. The Morgan fingerprint density at radius 3 is 2.76 bits per heavy atom. The maximum absolute atomic E-state index is 5.74. The van der Waals surface area contributed by atoms with Gasteiger partial charge >= 0.3 is 0 Å². The molecule has 0 aliphatic rings. The Morgan fingerprint density at radius 2 is 2.10 bits per heavy atom. The first-order chi connectivity index (χ1) is 10.3. The van der Waals surface area contributed by atoms with Gasteiger partial charge in [-0.3, -0.25) is 4.98 Å². The molecule has 0 spiro atoms. The second kappa shape index (κ2) is 8.80. The van der Waals surface area contributed by atoms with Crippen LogP contribution in [0.15, 0.2) is 36.0 Å². The molecule has 0 aliphatic carbocycles. The molecule has 0 aliphatic heterocycles. The van der Waals surface area contributed by atoms with E-state index in [4.69, 9.17) is 4.74 Å². The number of hydrogen-bond donors (Lipinski definition) is 1. The summed E-state index contributed by atoms with van der Waals surface area (Å²) in [7, 11) is 0. The summed E-state index contributed by atoms with van der Waals surface area (Å²) in [6, 6.07) is 9.01. The highest BCUT2D eigenvalue weighted by molar-refractivity contribution is 7.09.